The fourth-order valence-electron chi connectivity index (χ4n) is 2.51. The molecular weight excluding hydrogens is 308 g/mol. The largest absolute Gasteiger partial charge is 0.469 e. The number of aliphatic hydroxyl groups excluding tert-OH is 1. The number of hydrogen-bond donors (Lipinski definition) is 2. The Kier molecular flexibility index (Phi) is 5.76. The first-order chi connectivity index (χ1) is 10.5. The van der Waals surface area contributed by atoms with Crippen LogP contribution in [0.5, 0.6) is 0 Å². The van der Waals surface area contributed by atoms with Crippen molar-refractivity contribution in [3.63, 3.8) is 0 Å². The third-order valence-electron chi connectivity index (χ3n) is 3.70. The highest BCUT2D eigenvalue weighted by molar-refractivity contribution is 6.31. The van der Waals surface area contributed by atoms with Gasteiger partial charge in [0.15, 0.2) is 0 Å². The van der Waals surface area contributed by atoms with Gasteiger partial charge in [-0.05, 0) is 6.07 Å². The Morgan fingerprint density at radius 3 is 2.95 bits per heavy atom. The van der Waals surface area contributed by atoms with E-state index in [2.05, 4.69) is 10.1 Å². The molecule has 1 aliphatic heterocycles. The van der Waals surface area contributed by atoms with E-state index in [-0.39, 0.29) is 18.9 Å². The lowest BCUT2D eigenvalue weighted by Crippen LogP contribution is -2.56. The van der Waals surface area contributed by atoms with Crippen LogP contribution in [0.15, 0.2) is 24.3 Å². The molecule has 0 aliphatic carbocycles. The first kappa shape index (κ1) is 16.7. The van der Waals surface area contributed by atoms with Gasteiger partial charge in [-0.3, -0.25) is 14.5 Å². The Labute approximate surface area is 134 Å². The number of carbonyl (C=O) groups excluding carboxylic acids is 2. The van der Waals surface area contributed by atoms with Crippen molar-refractivity contribution in [2.75, 3.05) is 26.7 Å². The normalized spacial score (nSPS) is 20.3. The van der Waals surface area contributed by atoms with Crippen molar-refractivity contribution in [1.29, 1.82) is 0 Å². The lowest BCUT2D eigenvalue weighted by Gasteiger charge is -2.35. The van der Waals surface area contributed by atoms with E-state index >= 15 is 0 Å². The molecule has 7 heteroatoms. The van der Waals surface area contributed by atoms with E-state index in [0.29, 0.717) is 23.7 Å². The number of nitrogens with one attached hydrogen (secondary N) is 1. The molecule has 2 atom stereocenters. The zero-order valence-corrected chi connectivity index (χ0v) is 13.0. The van der Waals surface area contributed by atoms with Gasteiger partial charge in [-0.15, -0.1) is 0 Å². The Morgan fingerprint density at radius 2 is 2.27 bits per heavy atom. The van der Waals surface area contributed by atoms with Crippen LogP contribution in [0, 0.1) is 0 Å². The first-order valence-electron chi connectivity index (χ1n) is 7.04. The average Bonchev–Trinajstić information content (AvgIpc) is 2.50. The third kappa shape index (κ3) is 3.97. The van der Waals surface area contributed by atoms with Gasteiger partial charge in [-0.25, -0.2) is 0 Å². The zero-order chi connectivity index (χ0) is 16.1. The van der Waals surface area contributed by atoms with Crippen molar-refractivity contribution in [1.82, 2.24) is 10.2 Å². The molecule has 1 amide bonds. The number of benzene rings is 1. The molecule has 1 saturated heterocycles. The van der Waals surface area contributed by atoms with Gasteiger partial charge in [-0.1, -0.05) is 29.8 Å². The average molecular weight is 327 g/mol. The number of ether oxygens (including phenoxy) is 1. The molecule has 0 unspecified atom stereocenters. The molecule has 6 nitrogen and oxygen atoms in total. The standard InChI is InChI=1S/C15H19ClN2O4/c1-22-14(20)8-12-15(21)17-6-7-18(12)9-13(19)10-4-2-3-5-11(10)16/h2-5,12-13,19H,6-9H2,1H3,(H,17,21)/t12-,13-/m0/s1. The molecule has 1 heterocycles. The highest BCUT2D eigenvalue weighted by atomic mass is 35.5. The predicted molar refractivity (Wildman–Crippen MR) is 81.4 cm³/mol. The molecule has 120 valence electrons. The smallest absolute Gasteiger partial charge is 0.307 e. The number of aliphatic hydroxyl groups is 1. The maximum atomic E-state index is 12.0. The quantitative estimate of drug-likeness (QED) is 0.780. The van der Waals surface area contributed by atoms with Crippen molar-refractivity contribution in [3.8, 4) is 0 Å². The van der Waals surface area contributed by atoms with Crippen LogP contribution in [-0.2, 0) is 14.3 Å². The number of β-amino-alcohol motifs (C(OH)–C–C–N with tert-alkyl or cyclic N) is 1. The second-order valence-corrected chi connectivity index (χ2v) is 5.53. The number of esters is 1. The van der Waals surface area contributed by atoms with E-state index in [1.807, 2.05) is 0 Å². The maximum absolute atomic E-state index is 12.0. The van der Waals surface area contributed by atoms with Crippen molar-refractivity contribution in [2.24, 2.45) is 0 Å². The fourth-order valence-corrected chi connectivity index (χ4v) is 2.77. The zero-order valence-electron chi connectivity index (χ0n) is 12.3. The Hall–Kier alpha value is -1.63. The Bertz CT molecular complexity index is 552. The molecule has 0 aromatic heterocycles. The molecule has 0 radical (unpaired) electrons. The van der Waals surface area contributed by atoms with Crippen LogP contribution < -0.4 is 5.32 Å². The van der Waals surface area contributed by atoms with Gasteiger partial charge in [0.05, 0.1) is 25.7 Å². The minimum atomic E-state index is -0.834. The summed E-state index contributed by atoms with van der Waals surface area (Å²) < 4.78 is 4.63. The van der Waals surface area contributed by atoms with Crippen LogP contribution in [0.25, 0.3) is 0 Å². The molecule has 0 spiro atoms. The molecular formula is C15H19ClN2O4. The maximum Gasteiger partial charge on any atom is 0.307 e. The topological polar surface area (TPSA) is 78.9 Å². The number of piperazine rings is 1. The van der Waals surface area contributed by atoms with Gasteiger partial charge in [0.2, 0.25) is 5.91 Å². The minimum absolute atomic E-state index is 0.0441. The third-order valence-corrected chi connectivity index (χ3v) is 4.05. The van der Waals surface area contributed by atoms with Crippen LogP contribution in [0.2, 0.25) is 5.02 Å². The van der Waals surface area contributed by atoms with Crippen molar-refractivity contribution in [3.05, 3.63) is 34.9 Å². The summed E-state index contributed by atoms with van der Waals surface area (Å²) in [5.74, 6) is -0.692. The van der Waals surface area contributed by atoms with Crippen LogP contribution in [0.1, 0.15) is 18.1 Å². The van der Waals surface area contributed by atoms with Crippen molar-refractivity contribution >= 4 is 23.5 Å². The SMILES string of the molecule is COC(=O)C[C@H]1C(=O)NCCN1C[C@H](O)c1ccccc1Cl. The van der Waals surface area contributed by atoms with Crippen molar-refractivity contribution in [2.45, 2.75) is 18.6 Å². The summed E-state index contributed by atoms with van der Waals surface area (Å²) in [5.41, 5.74) is 0.604. The molecule has 22 heavy (non-hydrogen) atoms. The lowest BCUT2D eigenvalue weighted by atomic mass is 10.0. The fraction of sp³-hybridized carbons (Fsp3) is 0.467. The summed E-state index contributed by atoms with van der Waals surface area (Å²) in [7, 11) is 1.28. The molecule has 0 bridgehead atoms. The predicted octanol–water partition coefficient (Wildman–Crippen LogP) is 0.737. The number of hydrogen-bond acceptors (Lipinski definition) is 5. The highest BCUT2D eigenvalue weighted by Gasteiger charge is 2.33. The number of nitrogens with zero attached hydrogens (tertiary/aromatic N) is 1. The summed E-state index contributed by atoms with van der Waals surface area (Å²) in [4.78, 5) is 25.2. The van der Waals surface area contributed by atoms with E-state index in [4.69, 9.17) is 11.6 Å². The summed E-state index contributed by atoms with van der Waals surface area (Å²) in [6.07, 6.45) is -0.878. The van der Waals surface area contributed by atoms with Crippen molar-refractivity contribution < 1.29 is 19.4 Å². The number of rotatable bonds is 5. The molecule has 1 fully saturated rings. The summed E-state index contributed by atoms with van der Waals surface area (Å²) in [6.45, 7) is 1.25. The van der Waals surface area contributed by atoms with Crippen LogP contribution in [-0.4, -0.2) is 54.7 Å². The highest BCUT2D eigenvalue weighted by Crippen LogP contribution is 2.24. The summed E-state index contributed by atoms with van der Waals surface area (Å²) in [5, 5.41) is 13.6. The van der Waals surface area contributed by atoms with Gasteiger partial charge >= 0.3 is 5.97 Å². The second-order valence-electron chi connectivity index (χ2n) is 5.12. The molecule has 1 aromatic rings. The van der Waals surface area contributed by atoms with Crippen LogP contribution >= 0.6 is 11.6 Å². The van der Waals surface area contributed by atoms with Crippen LogP contribution in [0.4, 0.5) is 0 Å². The molecule has 1 aliphatic rings. The van der Waals surface area contributed by atoms with Gasteiger partial charge in [0.1, 0.15) is 0 Å². The lowest BCUT2D eigenvalue weighted by molar-refractivity contribution is -0.146. The second kappa shape index (κ2) is 7.58. The van der Waals surface area contributed by atoms with E-state index < -0.39 is 18.1 Å². The van der Waals surface area contributed by atoms with E-state index in [9.17, 15) is 14.7 Å². The minimum Gasteiger partial charge on any atom is -0.469 e. The summed E-state index contributed by atoms with van der Waals surface area (Å²) in [6, 6.07) is 6.38. The first-order valence-corrected chi connectivity index (χ1v) is 7.41. The number of amides is 1. The van der Waals surface area contributed by atoms with Gasteiger partial charge < -0.3 is 15.2 Å². The van der Waals surface area contributed by atoms with E-state index in [0.717, 1.165) is 0 Å². The monoisotopic (exact) mass is 326 g/mol. The number of methoxy groups -OCH3 is 1. The van der Waals surface area contributed by atoms with E-state index in [1.165, 1.54) is 7.11 Å². The molecule has 0 saturated carbocycles. The Balaban J connectivity index is 2.09. The van der Waals surface area contributed by atoms with Gasteiger partial charge in [0.25, 0.3) is 0 Å². The summed E-state index contributed by atoms with van der Waals surface area (Å²) >= 11 is 6.08. The van der Waals surface area contributed by atoms with Crippen LogP contribution in [0.3, 0.4) is 0 Å². The van der Waals surface area contributed by atoms with Gasteiger partial charge in [-0.2, -0.15) is 0 Å². The molecule has 2 rings (SSSR count). The van der Waals surface area contributed by atoms with Gasteiger partial charge in [0, 0.05) is 30.2 Å². The number of carbonyl (C=O) groups is 2. The van der Waals surface area contributed by atoms with E-state index in [1.54, 1.807) is 29.2 Å². The molecule has 2 N–H and O–H groups in total. The Morgan fingerprint density at radius 1 is 1.55 bits per heavy atom. The number of halogens is 1. The molecule has 1 aromatic carbocycles.